The minimum atomic E-state index is -3.51. The smallest absolute Gasteiger partial charge is 0.241 e. The molecule has 1 aromatic carbocycles. The van der Waals surface area contributed by atoms with Crippen LogP contribution in [0, 0.1) is 17.8 Å². The third kappa shape index (κ3) is 4.00. The van der Waals surface area contributed by atoms with Crippen LogP contribution in [0.5, 0.6) is 0 Å². The number of hydrogen-bond acceptors (Lipinski definition) is 4. The van der Waals surface area contributed by atoms with Crippen molar-refractivity contribution < 1.29 is 8.42 Å². The van der Waals surface area contributed by atoms with Crippen molar-refractivity contribution >= 4 is 21.8 Å². The molecule has 1 atom stereocenters. The van der Waals surface area contributed by atoms with Gasteiger partial charge in [-0.15, -0.1) is 0 Å². The van der Waals surface area contributed by atoms with Crippen molar-refractivity contribution in [2.75, 3.05) is 24.6 Å². The van der Waals surface area contributed by atoms with E-state index in [1.54, 1.807) is 24.3 Å². The molecule has 108 valence electrons. The van der Waals surface area contributed by atoms with E-state index in [1.165, 1.54) is 0 Å². The molecule has 4 nitrogen and oxygen atoms in total. The number of rotatable bonds is 4. The lowest BCUT2D eigenvalue weighted by molar-refractivity contribution is 0.545. The van der Waals surface area contributed by atoms with Crippen molar-refractivity contribution in [2.24, 2.45) is 11.7 Å². The van der Waals surface area contributed by atoms with Crippen LogP contribution in [-0.4, -0.2) is 33.0 Å². The predicted molar refractivity (Wildman–Crippen MR) is 83.0 cm³/mol. The van der Waals surface area contributed by atoms with Crippen molar-refractivity contribution in [1.29, 1.82) is 0 Å². The highest BCUT2D eigenvalue weighted by Gasteiger charge is 2.21. The molecule has 0 aromatic heterocycles. The first kappa shape index (κ1) is 15.4. The molecular weight excluding hydrogens is 292 g/mol. The predicted octanol–water partition coefficient (Wildman–Crippen LogP) is 1.03. The molecule has 2 rings (SSSR count). The van der Waals surface area contributed by atoms with E-state index in [0.717, 1.165) is 17.9 Å². The Bertz CT molecular complexity index is 612. The van der Waals surface area contributed by atoms with Crippen LogP contribution in [0.2, 0.25) is 0 Å². The van der Waals surface area contributed by atoms with E-state index in [1.807, 2.05) is 11.8 Å². The van der Waals surface area contributed by atoms with Crippen molar-refractivity contribution in [3.05, 3.63) is 29.8 Å². The average Bonchev–Trinajstić information content (AvgIpc) is 2.97. The molecule has 1 fully saturated rings. The molecule has 6 heteroatoms. The third-order valence-electron chi connectivity index (χ3n) is 3.09. The van der Waals surface area contributed by atoms with Crippen molar-refractivity contribution in [3.63, 3.8) is 0 Å². The van der Waals surface area contributed by atoms with Crippen LogP contribution in [0.1, 0.15) is 12.0 Å². The summed E-state index contributed by atoms with van der Waals surface area (Å²) >= 11 is 1.87. The fourth-order valence-corrected chi connectivity index (χ4v) is 4.56. The molecule has 0 aliphatic carbocycles. The monoisotopic (exact) mass is 310 g/mol. The summed E-state index contributed by atoms with van der Waals surface area (Å²) < 4.78 is 27.4. The van der Waals surface area contributed by atoms with E-state index in [0.29, 0.717) is 18.0 Å². The van der Waals surface area contributed by atoms with Gasteiger partial charge in [0.25, 0.3) is 0 Å². The van der Waals surface area contributed by atoms with Crippen molar-refractivity contribution in [1.82, 2.24) is 4.72 Å². The normalized spacial score (nSPS) is 18.6. The first-order valence-electron chi connectivity index (χ1n) is 6.49. The van der Waals surface area contributed by atoms with Gasteiger partial charge in [0.1, 0.15) is 0 Å². The van der Waals surface area contributed by atoms with Gasteiger partial charge in [0.2, 0.25) is 10.0 Å². The van der Waals surface area contributed by atoms with Gasteiger partial charge in [0, 0.05) is 12.1 Å². The zero-order chi connectivity index (χ0) is 14.4. The summed E-state index contributed by atoms with van der Waals surface area (Å²) in [6, 6.07) is 6.75. The first-order valence-corrected chi connectivity index (χ1v) is 9.12. The molecule has 0 spiro atoms. The highest BCUT2D eigenvalue weighted by molar-refractivity contribution is 7.99. The topological polar surface area (TPSA) is 72.2 Å². The Labute approximate surface area is 124 Å². The summed E-state index contributed by atoms with van der Waals surface area (Å²) in [5.41, 5.74) is 5.83. The summed E-state index contributed by atoms with van der Waals surface area (Å²) in [6.07, 6.45) is 1.07. The average molecular weight is 310 g/mol. The molecule has 20 heavy (non-hydrogen) atoms. The van der Waals surface area contributed by atoms with Gasteiger partial charge >= 0.3 is 0 Å². The second-order valence-electron chi connectivity index (χ2n) is 4.58. The highest BCUT2D eigenvalue weighted by atomic mass is 32.2. The number of thioether (sulfide) groups is 1. The van der Waals surface area contributed by atoms with E-state index in [9.17, 15) is 8.42 Å². The fraction of sp³-hybridized carbons (Fsp3) is 0.429. The molecule has 1 unspecified atom stereocenters. The van der Waals surface area contributed by atoms with E-state index >= 15 is 0 Å². The second-order valence-corrected chi connectivity index (χ2v) is 7.47. The number of hydrogen-bond donors (Lipinski definition) is 2. The SMILES string of the molecule is NCC#Cc1ccccc1S(=O)(=O)NCC1CCSC1. The molecule has 1 saturated heterocycles. The lowest BCUT2D eigenvalue weighted by atomic mass is 10.1. The summed E-state index contributed by atoms with van der Waals surface area (Å²) in [5, 5.41) is 0. The van der Waals surface area contributed by atoms with Gasteiger partial charge in [-0.05, 0) is 36.0 Å². The molecule has 3 N–H and O–H groups in total. The Balaban J connectivity index is 2.16. The van der Waals surface area contributed by atoms with Crippen LogP contribution in [0.25, 0.3) is 0 Å². The van der Waals surface area contributed by atoms with E-state index in [-0.39, 0.29) is 11.4 Å². The molecule has 0 radical (unpaired) electrons. The van der Waals surface area contributed by atoms with Crippen LogP contribution < -0.4 is 10.5 Å². The zero-order valence-electron chi connectivity index (χ0n) is 11.1. The van der Waals surface area contributed by atoms with Crippen LogP contribution in [0.3, 0.4) is 0 Å². The number of nitrogens with two attached hydrogens (primary N) is 1. The zero-order valence-corrected chi connectivity index (χ0v) is 12.8. The van der Waals surface area contributed by atoms with Gasteiger partial charge in [-0.2, -0.15) is 11.8 Å². The Morgan fingerprint density at radius 1 is 1.40 bits per heavy atom. The Morgan fingerprint density at radius 2 is 2.20 bits per heavy atom. The van der Waals surface area contributed by atoms with Crippen molar-refractivity contribution in [3.8, 4) is 11.8 Å². The lowest BCUT2D eigenvalue weighted by Crippen LogP contribution is -2.29. The lowest BCUT2D eigenvalue weighted by Gasteiger charge is -2.11. The van der Waals surface area contributed by atoms with Gasteiger partial charge in [0.15, 0.2) is 0 Å². The maximum atomic E-state index is 12.4. The molecule has 0 amide bonds. The molecule has 1 heterocycles. The Kier molecular flexibility index (Phi) is 5.49. The first-order chi connectivity index (χ1) is 9.63. The summed E-state index contributed by atoms with van der Waals surface area (Å²) in [4.78, 5) is 0.228. The van der Waals surface area contributed by atoms with Gasteiger partial charge in [-0.3, -0.25) is 0 Å². The summed E-state index contributed by atoms with van der Waals surface area (Å²) in [7, 11) is -3.51. The molecular formula is C14H18N2O2S2. The second kappa shape index (κ2) is 7.14. The van der Waals surface area contributed by atoms with Gasteiger partial charge < -0.3 is 5.73 Å². The van der Waals surface area contributed by atoms with E-state index in [4.69, 9.17) is 5.73 Å². The third-order valence-corrected chi connectivity index (χ3v) is 5.80. The van der Waals surface area contributed by atoms with Crippen LogP contribution in [-0.2, 0) is 10.0 Å². The number of nitrogens with one attached hydrogen (secondary N) is 1. The van der Waals surface area contributed by atoms with Gasteiger partial charge in [-0.1, -0.05) is 24.0 Å². The molecule has 1 aliphatic heterocycles. The van der Waals surface area contributed by atoms with Crippen LogP contribution >= 0.6 is 11.8 Å². The Morgan fingerprint density at radius 3 is 2.90 bits per heavy atom. The summed E-state index contributed by atoms with van der Waals surface area (Å²) in [5.74, 6) is 8.07. The maximum Gasteiger partial charge on any atom is 0.241 e. The number of sulfonamides is 1. The maximum absolute atomic E-state index is 12.4. The fourth-order valence-electron chi connectivity index (χ4n) is 2.00. The summed E-state index contributed by atoms with van der Waals surface area (Å²) in [6.45, 7) is 0.703. The quantitative estimate of drug-likeness (QED) is 0.815. The highest BCUT2D eigenvalue weighted by Crippen LogP contribution is 2.23. The van der Waals surface area contributed by atoms with Gasteiger partial charge in [0.05, 0.1) is 11.4 Å². The molecule has 1 aromatic rings. The molecule has 1 aliphatic rings. The van der Waals surface area contributed by atoms with Crippen molar-refractivity contribution in [2.45, 2.75) is 11.3 Å². The molecule has 0 saturated carbocycles. The van der Waals surface area contributed by atoms with E-state index < -0.39 is 10.0 Å². The standard InChI is InChI=1S/C14H18N2O2S2/c15-8-3-5-13-4-1-2-6-14(13)20(17,18)16-10-12-7-9-19-11-12/h1-2,4,6,12,16H,7-11,15H2. The van der Waals surface area contributed by atoms with Crippen LogP contribution in [0.4, 0.5) is 0 Å². The van der Waals surface area contributed by atoms with Crippen LogP contribution in [0.15, 0.2) is 29.2 Å². The Hall–Kier alpha value is -1.000. The molecule has 0 bridgehead atoms. The number of benzene rings is 1. The minimum Gasteiger partial charge on any atom is -0.320 e. The minimum absolute atomic E-state index is 0.209. The largest absolute Gasteiger partial charge is 0.320 e. The van der Waals surface area contributed by atoms with Gasteiger partial charge in [-0.25, -0.2) is 13.1 Å². The van der Waals surface area contributed by atoms with E-state index in [2.05, 4.69) is 16.6 Å².